The number of halogens is 2. The van der Waals surface area contributed by atoms with Crippen molar-refractivity contribution in [2.24, 2.45) is 11.7 Å². The lowest BCUT2D eigenvalue weighted by Crippen LogP contribution is -2.51. The van der Waals surface area contributed by atoms with Gasteiger partial charge < -0.3 is 15.6 Å². The predicted octanol–water partition coefficient (Wildman–Crippen LogP) is 4.58. The zero-order valence-corrected chi connectivity index (χ0v) is 18.0. The van der Waals surface area contributed by atoms with Gasteiger partial charge in [-0.15, -0.1) is 24.8 Å². The zero-order chi connectivity index (χ0) is 18.1. The number of fused-ring (bicyclic) bond motifs is 1. The van der Waals surface area contributed by atoms with E-state index >= 15 is 0 Å². The van der Waals surface area contributed by atoms with Crippen LogP contribution in [0.15, 0.2) is 30.5 Å². The summed E-state index contributed by atoms with van der Waals surface area (Å²) in [4.78, 5) is 17.4. The minimum Gasteiger partial charge on any atom is -0.334 e. The summed E-state index contributed by atoms with van der Waals surface area (Å²) in [5.41, 5.74) is 8.88. The molecule has 1 fully saturated rings. The summed E-state index contributed by atoms with van der Waals surface area (Å²) in [6, 6.07) is 7.99. The van der Waals surface area contributed by atoms with Gasteiger partial charge in [0.1, 0.15) is 5.82 Å². The van der Waals surface area contributed by atoms with E-state index in [1.54, 1.807) is 0 Å². The number of carbonyl (C=O) groups excluding carboxylic acids is 1. The summed E-state index contributed by atoms with van der Waals surface area (Å²) >= 11 is 0. The first-order valence-electron chi connectivity index (χ1n) is 9.79. The lowest BCUT2D eigenvalue weighted by molar-refractivity contribution is -0.122. The normalized spacial score (nSPS) is 23.7. The zero-order valence-electron chi connectivity index (χ0n) is 16.3. The first-order valence-corrected chi connectivity index (χ1v) is 9.79. The van der Waals surface area contributed by atoms with Gasteiger partial charge >= 0.3 is 0 Å². The average molecular weight is 425 g/mol. The summed E-state index contributed by atoms with van der Waals surface area (Å²) in [6.45, 7) is 3.07. The Balaban J connectivity index is 0.00000140. The summed E-state index contributed by atoms with van der Waals surface area (Å²) < 4.78 is 2.26. The highest BCUT2D eigenvalue weighted by molar-refractivity contribution is 5.93. The van der Waals surface area contributed by atoms with E-state index in [1.807, 2.05) is 31.2 Å². The molecule has 2 aromatic rings. The van der Waals surface area contributed by atoms with Gasteiger partial charge in [0.15, 0.2) is 0 Å². The van der Waals surface area contributed by atoms with E-state index < -0.39 is 5.54 Å². The number of nitrogens with zero attached hydrogens (tertiary/aromatic N) is 2. The number of aryl methyl sites for hydroxylation is 2. The monoisotopic (exact) mass is 424 g/mol. The first-order chi connectivity index (χ1) is 12.5. The quantitative estimate of drug-likeness (QED) is 0.756. The molecule has 1 aromatic heterocycles. The van der Waals surface area contributed by atoms with E-state index in [-0.39, 0.29) is 36.6 Å². The summed E-state index contributed by atoms with van der Waals surface area (Å²) in [5.74, 6) is 1.11. The number of hydrogen-bond acceptors (Lipinski definition) is 3. The van der Waals surface area contributed by atoms with Crippen molar-refractivity contribution in [3.8, 4) is 11.3 Å². The number of anilines is 1. The maximum atomic E-state index is 12.7. The molecule has 0 saturated heterocycles. The molecule has 0 spiro atoms. The van der Waals surface area contributed by atoms with Crippen molar-refractivity contribution in [1.29, 1.82) is 0 Å². The molecular weight excluding hydrogens is 395 g/mol. The Morgan fingerprint density at radius 3 is 2.61 bits per heavy atom. The number of carbonyl (C=O) groups is 1. The van der Waals surface area contributed by atoms with Crippen LogP contribution in [0.5, 0.6) is 0 Å². The number of rotatable bonds is 3. The lowest BCUT2D eigenvalue weighted by atomic mass is 9.74. The minimum atomic E-state index is -0.405. The summed E-state index contributed by atoms with van der Waals surface area (Å²) in [5, 5.41) is 3.05. The van der Waals surface area contributed by atoms with Crippen LogP contribution in [0, 0.1) is 5.92 Å². The Morgan fingerprint density at radius 2 is 1.93 bits per heavy atom. The van der Waals surface area contributed by atoms with Crippen molar-refractivity contribution >= 4 is 36.4 Å². The Labute approximate surface area is 179 Å². The molecule has 1 aromatic carbocycles. The SMILES string of the molecule is CC1(N)CCCCC1C(=O)Nc1ccc(-c2cn3c(n2)CCCC3)cc1.Cl.Cl. The second-order valence-electron chi connectivity index (χ2n) is 8.06. The van der Waals surface area contributed by atoms with Crippen molar-refractivity contribution in [2.75, 3.05) is 5.32 Å². The Hall–Kier alpha value is -1.56. The molecule has 7 heteroatoms. The van der Waals surface area contributed by atoms with Gasteiger partial charge in [-0.2, -0.15) is 0 Å². The molecule has 154 valence electrons. The van der Waals surface area contributed by atoms with Crippen LogP contribution in [0.25, 0.3) is 11.3 Å². The largest absolute Gasteiger partial charge is 0.334 e. The molecule has 5 nitrogen and oxygen atoms in total. The van der Waals surface area contributed by atoms with Crippen LogP contribution in [0.4, 0.5) is 5.69 Å². The minimum absolute atomic E-state index is 0. The van der Waals surface area contributed by atoms with Gasteiger partial charge in [0.2, 0.25) is 5.91 Å². The maximum Gasteiger partial charge on any atom is 0.229 e. The Bertz CT molecular complexity index is 778. The van der Waals surface area contributed by atoms with Crippen molar-refractivity contribution in [3.05, 3.63) is 36.3 Å². The van der Waals surface area contributed by atoms with Crippen molar-refractivity contribution in [2.45, 2.75) is 64.0 Å². The second kappa shape index (κ2) is 9.29. The third kappa shape index (κ3) is 4.70. The van der Waals surface area contributed by atoms with Crippen molar-refractivity contribution < 1.29 is 4.79 Å². The number of hydrogen-bond donors (Lipinski definition) is 2. The van der Waals surface area contributed by atoms with Crippen LogP contribution in [0.2, 0.25) is 0 Å². The Morgan fingerprint density at radius 1 is 1.18 bits per heavy atom. The molecule has 1 aliphatic heterocycles. The molecule has 1 saturated carbocycles. The van der Waals surface area contributed by atoms with Crippen LogP contribution < -0.4 is 11.1 Å². The number of nitrogens with two attached hydrogens (primary N) is 1. The third-order valence-electron chi connectivity index (χ3n) is 5.93. The highest BCUT2D eigenvalue weighted by atomic mass is 35.5. The third-order valence-corrected chi connectivity index (χ3v) is 5.93. The smallest absolute Gasteiger partial charge is 0.229 e. The van der Waals surface area contributed by atoms with E-state index in [0.29, 0.717) is 0 Å². The van der Waals surface area contributed by atoms with Crippen LogP contribution >= 0.6 is 24.8 Å². The molecule has 0 radical (unpaired) electrons. The van der Waals surface area contributed by atoms with Gasteiger partial charge in [0.05, 0.1) is 11.6 Å². The number of imidazole rings is 1. The van der Waals surface area contributed by atoms with E-state index in [0.717, 1.165) is 55.6 Å². The molecule has 2 unspecified atom stereocenters. The van der Waals surface area contributed by atoms with Gasteiger partial charge in [-0.1, -0.05) is 25.0 Å². The molecule has 2 atom stereocenters. The van der Waals surface area contributed by atoms with Crippen LogP contribution in [-0.2, 0) is 17.8 Å². The van der Waals surface area contributed by atoms with E-state index in [2.05, 4.69) is 16.1 Å². The molecular formula is C21H30Cl2N4O. The van der Waals surface area contributed by atoms with Crippen molar-refractivity contribution in [3.63, 3.8) is 0 Å². The fourth-order valence-corrected chi connectivity index (χ4v) is 4.29. The van der Waals surface area contributed by atoms with Gasteiger partial charge in [0.25, 0.3) is 0 Å². The number of nitrogens with one attached hydrogen (secondary N) is 1. The standard InChI is InChI=1S/C21H28N4O.2ClH/c1-21(22)12-4-2-6-17(21)20(26)23-16-10-8-15(9-11-16)18-14-25-13-5-3-7-19(25)24-18;;/h8-11,14,17H,2-7,12-13,22H2,1H3,(H,23,26);2*1H. The first kappa shape index (κ1) is 22.7. The Kier molecular flexibility index (Phi) is 7.54. The number of amides is 1. The molecule has 2 heterocycles. The van der Waals surface area contributed by atoms with E-state index in [4.69, 9.17) is 10.7 Å². The lowest BCUT2D eigenvalue weighted by Gasteiger charge is -2.37. The predicted molar refractivity (Wildman–Crippen MR) is 118 cm³/mol. The second-order valence-corrected chi connectivity index (χ2v) is 8.06. The molecule has 0 bridgehead atoms. The van der Waals surface area contributed by atoms with Crippen molar-refractivity contribution in [1.82, 2.24) is 9.55 Å². The highest BCUT2D eigenvalue weighted by Gasteiger charge is 2.37. The van der Waals surface area contributed by atoms with Gasteiger partial charge in [-0.3, -0.25) is 4.79 Å². The van der Waals surface area contributed by atoms with Crippen LogP contribution in [0.1, 0.15) is 51.3 Å². The highest BCUT2D eigenvalue weighted by Crippen LogP contribution is 2.32. The topological polar surface area (TPSA) is 72.9 Å². The van der Waals surface area contributed by atoms with Gasteiger partial charge in [0, 0.05) is 36.0 Å². The average Bonchev–Trinajstić information content (AvgIpc) is 3.06. The maximum absolute atomic E-state index is 12.7. The van der Waals surface area contributed by atoms with Gasteiger partial charge in [-0.05, 0) is 44.7 Å². The fraction of sp³-hybridized carbons (Fsp3) is 0.524. The summed E-state index contributed by atoms with van der Waals surface area (Å²) in [6.07, 6.45) is 9.63. The summed E-state index contributed by atoms with van der Waals surface area (Å²) in [7, 11) is 0. The van der Waals surface area contributed by atoms with Crippen LogP contribution in [0.3, 0.4) is 0 Å². The number of benzene rings is 1. The molecule has 2 aliphatic rings. The van der Waals surface area contributed by atoms with Crippen LogP contribution in [-0.4, -0.2) is 21.0 Å². The molecule has 4 rings (SSSR count). The van der Waals surface area contributed by atoms with E-state index in [1.165, 1.54) is 18.7 Å². The van der Waals surface area contributed by atoms with Gasteiger partial charge in [-0.25, -0.2) is 4.98 Å². The van der Waals surface area contributed by atoms with E-state index in [9.17, 15) is 4.79 Å². The molecule has 1 amide bonds. The fourth-order valence-electron chi connectivity index (χ4n) is 4.29. The molecule has 1 aliphatic carbocycles. The molecule has 28 heavy (non-hydrogen) atoms. The molecule has 3 N–H and O–H groups in total. The number of aromatic nitrogens is 2.